The molecule has 0 amide bonds. The Morgan fingerprint density at radius 3 is 1.90 bits per heavy atom. The maximum Gasteiger partial charge on any atom is 0.227 e. The molecule has 0 atom stereocenters. The molecular weight excluding hydrogens is 639 g/mol. The zero-order chi connectivity index (χ0) is 34.2. The summed E-state index contributed by atoms with van der Waals surface area (Å²) in [6, 6.07) is 61.4. The van der Waals surface area contributed by atoms with Gasteiger partial charge in [0, 0.05) is 67.1 Å². The molecule has 3 aromatic heterocycles. The lowest BCUT2D eigenvalue weighted by Crippen LogP contribution is -2.10. The van der Waals surface area contributed by atoms with Crippen LogP contribution in [0.1, 0.15) is 0 Å². The van der Waals surface area contributed by atoms with Gasteiger partial charge in [-0.15, -0.1) is 0 Å². The molecule has 11 rings (SSSR count). The number of benzene rings is 8. The van der Waals surface area contributed by atoms with E-state index < -0.39 is 0 Å². The van der Waals surface area contributed by atoms with E-state index in [9.17, 15) is 0 Å². The lowest BCUT2D eigenvalue weighted by Gasteiger charge is -2.27. The van der Waals surface area contributed by atoms with E-state index >= 15 is 0 Å². The minimum Gasteiger partial charge on any atom is -0.456 e. The number of furan rings is 1. The summed E-state index contributed by atoms with van der Waals surface area (Å²) in [7, 11) is 0. The Labute approximate surface area is 298 Å². The second-order valence-corrected chi connectivity index (χ2v) is 13.2. The first kappa shape index (κ1) is 28.7. The van der Waals surface area contributed by atoms with Gasteiger partial charge >= 0.3 is 0 Å². The molecule has 11 aromatic rings. The molecule has 244 valence electrons. The highest BCUT2D eigenvalue weighted by Gasteiger charge is 2.23. The average Bonchev–Trinajstić information content (AvgIpc) is 3.90. The number of rotatable bonds is 5. The third kappa shape index (κ3) is 4.33. The lowest BCUT2D eigenvalue weighted by molar-refractivity contribution is 0.620. The molecule has 52 heavy (non-hydrogen) atoms. The Kier molecular flexibility index (Phi) is 6.18. The van der Waals surface area contributed by atoms with Crippen molar-refractivity contribution in [2.45, 2.75) is 0 Å². The van der Waals surface area contributed by atoms with Crippen LogP contribution in [0.5, 0.6) is 0 Å². The first-order chi connectivity index (χ1) is 25.8. The van der Waals surface area contributed by atoms with Gasteiger partial charge in [0.05, 0.1) is 16.7 Å². The van der Waals surface area contributed by atoms with Crippen molar-refractivity contribution in [3.05, 3.63) is 176 Å². The fourth-order valence-electron chi connectivity index (χ4n) is 7.86. The predicted octanol–water partition coefficient (Wildman–Crippen LogP) is 13.1. The number of aromatic nitrogens is 2. The van der Waals surface area contributed by atoms with Crippen LogP contribution < -0.4 is 4.90 Å². The molecule has 0 aliphatic heterocycles. The number of anilines is 3. The summed E-state index contributed by atoms with van der Waals surface area (Å²) in [4.78, 5) is 7.35. The van der Waals surface area contributed by atoms with E-state index in [2.05, 4.69) is 143 Å². The predicted molar refractivity (Wildman–Crippen MR) is 213 cm³/mol. The first-order valence-electron chi connectivity index (χ1n) is 17.5. The third-order valence-electron chi connectivity index (χ3n) is 10.2. The van der Waals surface area contributed by atoms with Crippen molar-refractivity contribution in [3.63, 3.8) is 0 Å². The molecule has 0 fully saturated rings. The highest BCUT2D eigenvalue weighted by Crippen LogP contribution is 2.45. The molecule has 0 aliphatic carbocycles. The molecule has 0 N–H and O–H groups in total. The first-order valence-corrected chi connectivity index (χ1v) is 17.5. The number of para-hydroxylation sites is 3. The summed E-state index contributed by atoms with van der Waals surface area (Å²) < 4.78 is 15.3. The van der Waals surface area contributed by atoms with Crippen LogP contribution in [0.25, 0.3) is 82.8 Å². The quantitative estimate of drug-likeness (QED) is 0.183. The standard InChI is InChI=1S/C47H29N3O2/c1-3-13-30(14-4-1)47-48-46-38-20-8-7-17-34(38)42(29-45(46)52-47)49(33-23-25-37-36-19-10-12-22-43(36)51-44(37)28-33)32-24-26-41-39(27-32)35-18-9-11-21-40(35)50(41)31-15-5-2-6-16-31/h1-29H. The average molecular weight is 668 g/mol. The van der Waals surface area contributed by atoms with Crippen LogP contribution in [-0.2, 0) is 0 Å². The minimum absolute atomic E-state index is 0.600. The van der Waals surface area contributed by atoms with Crippen molar-refractivity contribution in [2.75, 3.05) is 4.90 Å². The van der Waals surface area contributed by atoms with Gasteiger partial charge in [0.15, 0.2) is 5.58 Å². The van der Waals surface area contributed by atoms with Crippen LogP contribution in [-0.4, -0.2) is 9.55 Å². The van der Waals surface area contributed by atoms with Crippen molar-refractivity contribution in [2.24, 2.45) is 0 Å². The summed E-state index contributed by atoms with van der Waals surface area (Å²) in [5.74, 6) is 0.600. The molecule has 0 radical (unpaired) electrons. The smallest absolute Gasteiger partial charge is 0.227 e. The van der Waals surface area contributed by atoms with Crippen LogP contribution in [0.2, 0.25) is 0 Å². The Hall–Kier alpha value is -7.11. The molecule has 5 heteroatoms. The molecule has 0 spiro atoms. The molecule has 0 aliphatic rings. The number of nitrogens with zero attached hydrogens (tertiary/aromatic N) is 3. The highest BCUT2D eigenvalue weighted by molar-refractivity contribution is 6.15. The second-order valence-electron chi connectivity index (χ2n) is 13.2. The molecule has 0 bridgehead atoms. The fourth-order valence-corrected chi connectivity index (χ4v) is 7.86. The van der Waals surface area contributed by atoms with Gasteiger partial charge in [-0.25, -0.2) is 4.98 Å². The lowest BCUT2D eigenvalue weighted by atomic mass is 10.0. The molecular formula is C47H29N3O2. The minimum atomic E-state index is 0.600. The monoisotopic (exact) mass is 667 g/mol. The molecule has 3 heterocycles. The molecule has 0 unspecified atom stereocenters. The van der Waals surface area contributed by atoms with Gasteiger partial charge in [-0.05, 0) is 66.7 Å². The van der Waals surface area contributed by atoms with E-state index in [1.54, 1.807) is 0 Å². The van der Waals surface area contributed by atoms with E-state index in [0.29, 0.717) is 5.89 Å². The van der Waals surface area contributed by atoms with E-state index in [-0.39, 0.29) is 0 Å². The van der Waals surface area contributed by atoms with Gasteiger partial charge in [-0.2, -0.15) is 0 Å². The van der Waals surface area contributed by atoms with E-state index in [4.69, 9.17) is 13.8 Å². The molecule has 0 saturated heterocycles. The Morgan fingerprint density at radius 1 is 0.423 bits per heavy atom. The Balaban J connectivity index is 1.20. The maximum atomic E-state index is 6.56. The van der Waals surface area contributed by atoms with E-state index in [0.717, 1.165) is 83.2 Å². The van der Waals surface area contributed by atoms with Crippen LogP contribution >= 0.6 is 0 Å². The summed E-state index contributed by atoms with van der Waals surface area (Å²) in [6.45, 7) is 0. The summed E-state index contributed by atoms with van der Waals surface area (Å²) in [6.07, 6.45) is 0. The fraction of sp³-hybridized carbons (Fsp3) is 0. The van der Waals surface area contributed by atoms with Gasteiger partial charge in [0.2, 0.25) is 5.89 Å². The van der Waals surface area contributed by atoms with Gasteiger partial charge < -0.3 is 18.3 Å². The van der Waals surface area contributed by atoms with Crippen molar-refractivity contribution >= 4 is 82.7 Å². The number of hydrogen-bond acceptors (Lipinski definition) is 4. The Bertz CT molecular complexity index is 3140. The summed E-state index contributed by atoms with van der Waals surface area (Å²) in [5.41, 5.74) is 10.6. The van der Waals surface area contributed by atoms with Crippen molar-refractivity contribution < 1.29 is 8.83 Å². The Morgan fingerprint density at radius 2 is 1.06 bits per heavy atom. The van der Waals surface area contributed by atoms with Gasteiger partial charge in [-0.3, -0.25) is 0 Å². The van der Waals surface area contributed by atoms with Crippen molar-refractivity contribution in [3.8, 4) is 17.1 Å². The maximum absolute atomic E-state index is 6.56. The summed E-state index contributed by atoms with van der Waals surface area (Å²) in [5, 5.41) is 6.65. The van der Waals surface area contributed by atoms with Crippen LogP contribution in [0.15, 0.2) is 185 Å². The number of hydrogen-bond donors (Lipinski definition) is 0. The van der Waals surface area contributed by atoms with Gasteiger partial charge in [0.1, 0.15) is 16.7 Å². The largest absolute Gasteiger partial charge is 0.456 e. The second kappa shape index (κ2) is 11.2. The van der Waals surface area contributed by atoms with E-state index in [1.807, 2.05) is 42.5 Å². The van der Waals surface area contributed by atoms with Crippen LogP contribution in [0.3, 0.4) is 0 Å². The van der Waals surface area contributed by atoms with E-state index in [1.165, 1.54) is 10.8 Å². The van der Waals surface area contributed by atoms with Crippen molar-refractivity contribution in [1.29, 1.82) is 0 Å². The SMILES string of the molecule is c1ccc(-c2nc3c(cc(N(c4ccc5c(c4)oc4ccccc45)c4ccc5c(c4)c4ccccc4n5-c4ccccc4)c4ccccc43)o2)cc1. The van der Waals surface area contributed by atoms with Crippen LogP contribution in [0, 0.1) is 0 Å². The zero-order valence-corrected chi connectivity index (χ0v) is 27.9. The topological polar surface area (TPSA) is 47.3 Å². The van der Waals surface area contributed by atoms with Crippen molar-refractivity contribution in [1.82, 2.24) is 9.55 Å². The highest BCUT2D eigenvalue weighted by atomic mass is 16.3. The molecule has 5 nitrogen and oxygen atoms in total. The van der Waals surface area contributed by atoms with Gasteiger partial charge in [-0.1, -0.05) is 97.1 Å². The molecule has 0 saturated carbocycles. The molecule has 8 aromatic carbocycles. The van der Waals surface area contributed by atoms with Crippen LogP contribution in [0.4, 0.5) is 17.1 Å². The van der Waals surface area contributed by atoms with Gasteiger partial charge in [0.25, 0.3) is 0 Å². The number of fused-ring (bicyclic) bond motifs is 9. The zero-order valence-electron chi connectivity index (χ0n) is 27.9. The normalized spacial score (nSPS) is 11.8. The summed E-state index contributed by atoms with van der Waals surface area (Å²) >= 11 is 0. The third-order valence-corrected chi connectivity index (χ3v) is 10.2. The number of oxazole rings is 1.